The second kappa shape index (κ2) is 11.2. The van der Waals surface area contributed by atoms with Crippen LogP contribution in [0.25, 0.3) is 11.0 Å². The Bertz CT molecular complexity index is 1330. The van der Waals surface area contributed by atoms with Gasteiger partial charge >= 0.3 is 0 Å². The van der Waals surface area contributed by atoms with E-state index in [-0.39, 0.29) is 5.91 Å². The van der Waals surface area contributed by atoms with E-state index in [0.29, 0.717) is 12.1 Å². The zero-order valence-corrected chi connectivity index (χ0v) is 22.7. The number of aryl methyl sites for hydroxylation is 3. The summed E-state index contributed by atoms with van der Waals surface area (Å²) in [6.07, 6.45) is 3.97. The van der Waals surface area contributed by atoms with Gasteiger partial charge in [-0.2, -0.15) is 0 Å². The third-order valence-corrected chi connectivity index (χ3v) is 7.51. The van der Waals surface area contributed by atoms with Crippen molar-refractivity contribution < 1.29 is 4.79 Å². The molecule has 182 valence electrons. The first kappa shape index (κ1) is 25.2. The highest BCUT2D eigenvalue weighted by molar-refractivity contribution is 9.10. The van der Waals surface area contributed by atoms with Crippen LogP contribution < -0.4 is 5.32 Å². The molecule has 0 aliphatic rings. The number of rotatable bonds is 9. The number of amides is 1. The monoisotopic (exact) mass is 531 g/mol. The molecule has 0 saturated carbocycles. The molecule has 0 aliphatic carbocycles. The van der Waals surface area contributed by atoms with Crippen LogP contribution in [0.2, 0.25) is 0 Å². The summed E-state index contributed by atoms with van der Waals surface area (Å²) < 4.78 is 3.32. The van der Waals surface area contributed by atoms with E-state index in [9.17, 15) is 4.79 Å². The standard InChI is InChI=1S/C30H34BrN3O/c1-20-17-21(2)23(4)26(22(20)3)19-34-28-14-8-7-13-27(28)33-29(34)15-6-5-9-16-32-30(35)24-11-10-12-25(31)18-24/h7-8,10-14,17-18H,5-6,9,15-16,19H2,1-4H3,(H,32,35). The van der Waals surface area contributed by atoms with Gasteiger partial charge in [-0.05, 0) is 98.7 Å². The Labute approximate surface area is 216 Å². The number of aromatic nitrogens is 2. The second-order valence-corrected chi connectivity index (χ2v) is 10.3. The number of benzene rings is 3. The average Bonchev–Trinajstić information content (AvgIpc) is 3.19. The molecule has 1 N–H and O–H groups in total. The van der Waals surface area contributed by atoms with Crippen LogP contribution in [0.15, 0.2) is 59.1 Å². The Morgan fingerprint density at radius 3 is 2.40 bits per heavy atom. The smallest absolute Gasteiger partial charge is 0.251 e. The van der Waals surface area contributed by atoms with E-state index in [0.717, 1.165) is 48.0 Å². The zero-order valence-electron chi connectivity index (χ0n) is 21.1. The summed E-state index contributed by atoms with van der Waals surface area (Å²) in [7, 11) is 0. The third kappa shape index (κ3) is 5.84. The molecule has 5 heteroatoms. The molecule has 3 aromatic carbocycles. The van der Waals surface area contributed by atoms with Gasteiger partial charge in [-0.25, -0.2) is 4.98 Å². The number of carbonyl (C=O) groups excluding carboxylic acids is 1. The highest BCUT2D eigenvalue weighted by atomic mass is 79.9. The minimum absolute atomic E-state index is 0.0210. The molecule has 1 heterocycles. The number of nitrogens with one attached hydrogen (secondary N) is 1. The van der Waals surface area contributed by atoms with E-state index in [1.54, 1.807) is 0 Å². The van der Waals surface area contributed by atoms with Gasteiger partial charge < -0.3 is 9.88 Å². The van der Waals surface area contributed by atoms with E-state index in [2.05, 4.69) is 83.8 Å². The average molecular weight is 533 g/mol. The van der Waals surface area contributed by atoms with Crippen LogP contribution in [0.1, 0.15) is 63.3 Å². The van der Waals surface area contributed by atoms with Crippen molar-refractivity contribution in [1.29, 1.82) is 0 Å². The molecular formula is C30H34BrN3O. The van der Waals surface area contributed by atoms with Gasteiger partial charge in [0.15, 0.2) is 0 Å². The Morgan fingerprint density at radius 2 is 1.66 bits per heavy atom. The summed E-state index contributed by atoms with van der Waals surface area (Å²) in [5.41, 5.74) is 9.78. The van der Waals surface area contributed by atoms with Crippen LogP contribution in [-0.2, 0) is 13.0 Å². The van der Waals surface area contributed by atoms with Crippen molar-refractivity contribution in [2.75, 3.05) is 6.54 Å². The van der Waals surface area contributed by atoms with Crippen molar-refractivity contribution in [1.82, 2.24) is 14.9 Å². The van der Waals surface area contributed by atoms with Crippen molar-refractivity contribution in [3.63, 3.8) is 0 Å². The predicted octanol–water partition coefficient (Wildman–Crippen LogP) is 7.22. The summed E-state index contributed by atoms with van der Waals surface area (Å²) in [6.45, 7) is 10.4. The summed E-state index contributed by atoms with van der Waals surface area (Å²) in [5.74, 6) is 1.12. The molecular weight excluding hydrogens is 498 g/mol. The molecule has 0 aliphatic heterocycles. The normalized spacial score (nSPS) is 11.2. The second-order valence-electron chi connectivity index (χ2n) is 9.42. The maximum atomic E-state index is 12.3. The summed E-state index contributed by atoms with van der Waals surface area (Å²) in [4.78, 5) is 17.3. The lowest BCUT2D eigenvalue weighted by molar-refractivity contribution is 0.0953. The van der Waals surface area contributed by atoms with Gasteiger partial charge in [0.25, 0.3) is 5.91 Å². The number of hydrogen-bond acceptors (Lipinski definition) is 2. The highest BCUT2D eigenvalue weighted by Crippen LogP contribution is 2.26. The van der Waals surface area contributed by atoms with Gasteiger partial charge in [0.1, 0.15) is 5.82 Å². The predicted molar refractivity (Wildman–Crippen MR) is 148 cm³/mol. The zero-order chi connectivity index (χ0) is 24.9. The van der Waals surface area contributed by atoms with E-state index >= 15 is 0 Å². The fourth-order valence-electron chi connectivity index (χ4n) is 4.71. The largest absolute Gasteiger partial charge is 0.352 e. The van der Waals surface area contributed by atoms with Crippen LogP contribution in [0.3, 0.4) is 0 Å². The fourth-order valence-corrected chi connectivity index (χ4v) is 5.10. The van der Waals surface area contributed by atoms with Gasteiger partial charge in [-0.3, -0.25) is 4.79 Å². The molecule has 1 aromatic heterocycles. The molecule has 4 rings (SSSR count). The van der Waals surface area contributed by atoms with Gasteiger partial charge in [0.2, 0.25) is 0 Å². The molecule has 4 nitrogen and oxygen atoms in total. The highest BCUT2D eigenvalue weighted by Gasteiger charge is 2.15. The van der Waals surface area contributed by atoms with Crippen molar-refractivity contribution in [2.45, 2.75) is 59.9 Å². The maximum Gasteiger partial charge on any atom is 0.251 e. The molecule has 35 heavy (non-hydrogen) atoms. The lowest BCUT2D eigenvalue weighted by atomic mass is 9.94. The molecule has 0 spiro atoms. The Hall–Kier alpha value is -2.92. The van der Waals surface area contributed by atoms with Crippen molar-refractivity contribution >= 4 is 32.9 Å². The first-order valence-corrected chi connectivity index (χ1v) is 13.2. The minimum Gasteiger partial charge on any atom is -0.352 e. The van der Waals surface area contributed by atoms with Crippen LogP contribution >= 0.6 is 15.9 Å². The van der Waals surface area contributed by atoms with Crippen LogP contribution in [0.5, 0.6) is 0 Å². The molecule has 0 atom stereocenters. The summed E-state index contributed by atoms with van der Waals surface area (Å²) in [5, 5.41) is 3.03. The van der Waals surface area contributed by atoms with Gasteiger partial charge in [0, 0.05) is 29.5 Å². The molecule has 4 aromatic rings. The van der Waals surface area contributed by atoms with Gasteiger partial charge in [0.05, 0.1) is 11.0 Å². The van der Waals surface area contributed by atoms with E-state index in [1.807, 2.05) is 24.3 Å². The molecule has 0 unspecified atom stereocenters. The van der Waals surface area contributed by atoms with Crippen LogP contribution in [0.4, 0.5) is 0 Å². The first-order valence-electron chi connectivity index (χ1n) is 12.4. The number of unbranched alkanes of at least 4 members (excludes halogenated alkanes) is 2. The molecule has 0 fully saturated rings. The van der Waals surface area contributed by atoms with Crippen molar-refractivity contribution in [3.05, 3.63) is 98.3 Å². The lowest BCUT2D eigenvalue weighted by Gasteiger charge is -2.18. The molecule has 0 saturated heterocycles. The van der Waals surface area contributed by atoms with Gasteiger partial charge in [-0.1, -0.05) is 46.6 Å². The molecule has 0 bridgehead atoms. The first-order chi connectivity index (χ1) is 16.8. The van der Waals surface area contributed by atoms with E-state index in [4.69, 9.17) is 4.98 Å². The topological polar surface area (TPSA) is 46.9 Å². The number of fused-ring (bicyclic) bond motifs is 1. The number of halogens is 1. The summed E-state index contributed by atoms with van der Waals surface area (Å²) >= 11 is 3.42. The third-order valence-electron chi connectivity index (χ3n) is 7.02. The van der Waals surface area contributed by atoms with Gasteiger partial charge in [-0.15, -0.1) is 0 Å². The van der Waals surface area contributed by atoms with E-state index in [1.165, 1.54) is 33.3 Å². The Balaban J connectivity index is 1.40. The quantitative estimate of drug-likeness (QED) is 0.231. The number of para-hydroxylation sites is 2. The number of carbonyl (C=O) groups is 1. The molecule has 1 amide bonds. The van der Waals surface area contributed by atoms with Crippen molar-refractivity contribution in [3.8, 4) is 0 Å². The number of hydrogen-bond donors (Lipinski definition) is 1. The number of imidazole rings is 1. The fraction of sp³-hybridized carbons (Fsp3) is 0.333. The SMILES string of the molecule is Cc1cc(C)c(C)c(Cn2c(CCCCCNC(=O)c3cccc(Br)c3)nc3ccccc32)c1C. The maximum absolute atomic E-state index is 12.3. The lowest BCUT2D eigenvalue weighted by Crippen LogP contribution is -2.24. The van der Waals surface area contributed by atoms with E-state index < -0.39 is 0 Å². The molecule has 0 radical (unpaired) electrons. The van der Waals surface area contributed by atoms with Crippen LogP contribution in [0, 0.1) is 27.7 Å². The minimum atomic E-state index is -0.0210. The number of nitrogens with zero attached hydrogens (tertiary/aromatic N) is 2. The Morgan fingerprint density at radius 1 is 0.914 bits per heavy atom. The van der Waals surface area contributed by atoms with Crippen LogP contribution in [-0.4, -0.2) is 22.0 Å². The Kier molecular flexibility index (Phi) is 8.07. The summed E-state index contributed by atoms with van der Waals surface area (Å²) in [6, 6.07) is 18.2. The van der Waals surface area contributed by atoms with Crippen molar-refractivity contribution in [2.24, 2.45) is 0 Å².